The third kappa shape index (κ3) is 3.75. The third-order valence-electron chi connectivity index (χ3n) is 2.63. The van der Waals surface area contributed by atoms with Crippen LogP contribution in [-0.4, -0.2) is 17.0 Å². The van der Waals surface area contributed by atoms with Crippen molar-refractivity contribution in [3.63, 3.8) is 0 Å². The zero-order valence-electron chi connectivity index (χ0n) is 10.4. The standard InChI is InChI=1S/C14H8BrCl2NO3/c15-7-1-4-11(17)10(5-7)13(19)18-12-6-8(16)2-3-9(12)14(20)21/h1-6H,(H,18,19)(H,20,21). The summed E-state index contributed by atoms with van der Waals surface area (Å²) in [5, 5.41) is 12.2. The first-order chi connectivity index (χ1) is 9.88. The number of carboxylic acid groups (broad SMARTS) is 1. The van der Waals surface area contributed by atoms with Crippen LogP contribution in [0.2, 0.25) is 10.0 Å². The number of hydrogen-bond donors (Lipinski definition) is 2. The molecule has 108 valence electrons. The minimum Gasteiger partial charge on any atom is -0.478 e. The number of aromatic carboxylic acids is 1. The normalized spacial score (nSPS) is 10.2. The van der Waals surface area contributed by atoms with Gasteiger partial charge in [-0.3, -0.25) is 4.79 Å². The molecule has 1 amide bonds. The van der Waals surface area contributed by atoms with E-state index in [0.29, 0.717) is 9.50 Å². The Balaban J connectivity index is 2.38. The lowest BCUT2D eigenvalue weighted by Crippen LogP contribution is -2.15. The molecule has 2 aromatic carbocycles. The zero-order valence-corrected chi connectivity index (χ0v) is 13.5. The van der Waals surface area contributed by atoms with Gasteiger partial charge in [0.1, 0.15) is 0 Å². The molecule has 7 heteroatoms. The van der Waals surface area contributed by atoms with Crippen molar-refractivity contribution in [1.82, 2.24) is 0 Å². The SMILES string of the molecule is O=C(Nc1cc(Cl)ccc1C(=O)O)c1cc(Br)ccc1Cl. The Hall–Kier alpha value is -1.56. The smallest absolute Gasteiger partial charge is 0.337 e. The van der Waals surface area contributed by atoms with E-state index in [0.717, 1.165) is 0 Å². The van der Waals surface area contributed by atoms with Gasteiger partial charge in [-0.25, -0.2) is 4.79 Å². The number of carbonyl (C=O) groups is 2. The molecule has 0 saturated heterocycles. The van der Waals surface area contributed by atoms with Gasteiger partial charge in [-0.1, -0.05) is 39.1 Å². The Morgan fingerprint density at radius 1 is 1.05 bits per heavy atom. The first-order valence-corrected chi connectivity index (χ1v) is 7.22. The summed E-state index contributed by atoms with van der Waals surface area (Å²) in [6, 6.07) is 8.94. The van der Waals surface area contributed by atoms with Crippen LogP contribution in [-0.2, 0) is 0 Å². The number of halogens is 3. The Kier molecular flexibility index (Phi) is 4.88. The quantitative estimate of drug-likeness (QED) is 0.800. The molecular formula is C14H8BrCl2NO3. The molecule has 0 heterocycles. The van der Waals surface area contributed by atoms with Crippen molar-refractivity contribution >= 4 is 56.7 Å². The van der Waals surface area contributed by atoms with Gasteiger partial charge in [-0.2, -0.15) is 0 Å². The van der Waals surface area contributed by atoms with Gasteiger partial charge in [0, 0.05) is 9.50 Å². The fraction of sp³-hybridized carbons (Fsp3) is 0. The summed E-state index contributed by atoms with van der Waals surface area (Å²) in [6.07, 6.45) is 0. The van der Waals surface area contributed by atoms with Gasteiger partial charge in [-0.05, 0) is 36.4 Å². The molecule has 0 radical (unpaired) electrons. The Morgan fingerprint density at radius 2 is 1.76 bits per heavy atom. The van der Waals surface area contributed by atoms with Crippen molar-refractivity contribution in [1.29, 1.82) is 0 Å². The molecule has 2 rings (SSSR count). The molecule has 0 aliphatic heterocycles. The zero-order chi connectivity index (χ0) is 15.6. The van der Waals surface area contributed by atoms with Gasteiger partial charge in [0.2, 0.25) is 0 Å². The first-order valence-electron chi connectivity index (χ1n) is 5.67. The number of amides is 1. The van der Waals surface area contributed by atoms with E-state index in [1.807, 2.05) is 0 Å². The highest BCUT2D eigenvalue weighted by atomic mass is 79.9. The molecule has 0 atom stereocenters. The second-order valence-electron chi connectivity index (χ2n) is 4.07. The number of benzene rings is 2. The van der Waals surface area contributed by atoms with Crippen LogP contribution >= 0.6 is 39.1 Å². The number of anilines is 1. The Morgan fingerprint density at radius 3 is 2.43 bits per heavy atom. The summed E-state index contributed by atoms with van der Waals surface area (Å²) in [5.41, 5.74) is 0.275. The highest BCUT2D eigenvalue weighted by Crippen LogP contribution is 2.25. The fourth-order valence-electron chi connectivity index (χ4n) is 1.67. The van der Waals surface area contributed by atoms with Gasteiger partial charge >= 0.3 is 5.97 Å². The fourth-order valence-corrected chi connectivity index (χ4v) is 2.40. The molecule has 0 saturated carbocycles. The second kappa shape index (κ2) is 6.47. The lowest BCUT2D eigenvalue weighted by atomic mass is 10.1. The van der Waals surface area contributed by atoms with Crippen LogP contribution in [0.4, 0.5) is 5.69 Å². The predicted molar refractivity (Wildman–Crippen MR) is 85.5 cm³/mol. The summed E-state index contributed by atoms with van der Waals surface area (Å²) in [5.74, 6) is -1.69. The first kappa shape index (κ1) is 15.8. The minimum absolute atomic E-state index is 0.0566. The molecule has 0 fully saturated rings. The summed E-state index contributed by atoms with van der Waals surface area (Å²) in [4.78, 5) is 23.4. The maximum Gasteiger partial charge on any atom is 0.337 e. The van der Waals surface area contributed by atoms with Gasteiger partial charge in [0.25, 0.3) is 5.91 Å². The van der Waals surface area contributed by atoms with E-state index in [9.17, 15) is 9.59 Å². The lowest BCUT2D eigenvalue weighted by Gasteiger charge is -2.10. The number of carbonyl (C=O) groups excluding carboxylic acids is 1. The third-order valence-corrected chi connectivity index (χ3v) is 3.69. The number of nitrogens with one attached hydrogen (secondary N) is 1. The average Bonchev–Trinajstić information content (AvgIpc) is 2.41. The largest absolute Gasteiger partial charge is 0.478 e. The maximum atomic E-state index is 12.2. The predicted octanol–water partition coefficient (Wildman–Crippen LogP) is 4.71. The van der Waals surface area contributed by atoms with Crippen molar-refractivity contribution in [2.24, 2.45) is 0 Å². The van der Waals surface area contributed by atoms with Crippen molar-refractivity contribution in [2.75, 3.05) is 5.32 Å². The molecule has 0 aromatic heterocycles. The molecule has 0 bridgehead atoms. The summed E-state index contributed by atoms with van der Waals surface area (Å²) in [6.45, 7) is 0. The highest BCUT2D eigenvalue weighted by molar-refractivity contribution is 9.10. The Labute approximate surface area is 138 Å². The van der Waals surface area contributed by atoms with Gasteiger partial charge in [0.05, 0.1) is 21.8 Å². The lowest BCUT2D eigenvalue weighted by molar-refractivity contribution is 0.0698. The van der Waals surface area contributed by atoms with E-state index in [2.05, 4.69) is 21.2 Å². The molecular weight excluding hydrogens is 381 g/mol. The number of hydrogen-bond acceptors (Lipinski definition) is 2. The molecule has 0 spiro atoms. The summed E-state index contributed by atoms with van der Waals surface area (Å²) >= 11 is 15.0. The van der Waals surface area contributed by atoms with E-state index < -0.39 is 11.9 Å². The molecule has 0 aliphatic carbocycles. The second-order valence-corrected chi connectivity index (χ2v) is 5.83. The van der Waals surface area contributed by atoms with E-state index in [-0.39, 0.29) is 21.8 Å². The summed E-state index contributed by atoms with van der Waals surface area (Å²) in [7, 11) is 0. The van der Waals surface area contributed by atoms with Crippen LogP contribution in [0.3, 0.4) is 0 Å². The van der Waals surface area contributed by atoms with E-state index >= 15 is 0 Å². The van der Waals surface area contributed by atoms with Crippen LogP contribution in [0.25, 0.3) is 0 Å². The number of carboxylic acids is 1. The van der Waals surface area contributed by atoms with E-state index in [1.54, 1.807) is 18.2 Å². The van der Waals surface area contributed by atoms with E-state index in [4.69, 9.17) is 28.3 Å². The molecule has 2 N–H and O–H groups in total. The summed E-state index contributed by atoms with van der Waals surface area (Å²) < 4.78 is 0.682. The number of rotatable bonds is 3. The molecule has 4 nitrogen and oxygen atoms in total. The van der Waals surface area contributed by atoms with Gasteiger partial charge < -0.3 is 10.4 Å². The Bertz CT molecular complexity index is 734. The van der Waals surface area contributed by atoms with Gasteiger partial charge in [0.15, 0.2) is 0 Å². The van der Waals surface area contributed by atoms with Crippen LogP contribution in [0.5, 0.6) is 0 Å². The molecule has 2 aromatic rings. The van der Waals surface area contributed by atoms with Crippen LogP contribution in [0.1, 0.15) is 20.7 Å². The molecule has 0 unspecified atom stereocenters. The van der Waals surface area contributed by atoms with Gasteiger partial charge in [-0.15, -0.1) is 0 Å². The van der Waals surface area contributed by atoms with Crippen LogP contribution < -0.4 is 5.32 Å². The topological polar surface area (TPSA) is 66.4 Å². The maximum absolute atomic E-state index is 12.2. The average molecular weight is 389 g/mol. The van der Waals surface area contributed by atoms with E-state index in [1.165, 1.54) is 18.2 Å². The molecule has 0 aliphatic rings. The van der Waals surface area contributed by atoms with Crippen molar-refractivity contribution in [2.45, 2.75) is 0 Å². The van der Waals surface area contributed by atoms with Crippen molar-refractivity contribution in [3.8, 4) is 0 Å². The van der Waals surface area contributed by atoms with Crippen molar-refractivity contribution < 1.29 is 14.7 Å². The minimum atomic E-state index is -1.16. The van der Waals surface area contributed by atoms with Crippen LogP contribution in [0.15, 0.2) is 40.9 Å². The molecule has 21 heavy (non-hydrogen) atoms. The van der Waals surface area contributed by atoms with Crippen molar-refractivity contribution in [3.05, 3.63) is 62.0 Å². The highest BCUT2D eigenvalue weighted by Gasteiger charge is 2.16. The van der Waals surface area contributed by atoms with Crippen LogP contribution in [0, 0.1) is 0 Å². The monoisotopic (exact) mass is 387 g/mol.